The highest BCUT2D eigenvalue weighted by Crippen LogP contribution is 2.20. The third kappa shape index (κ3) is 3.69. The first-order chi connectivity index (χ1) is 8.70. The van der Waals surface area contributed by atoms with Gasteiger partial charge in [-0.15, -0.1) is 0 Å². The van der Waals surface area contributed by atoms with Crippen molar-refractivity contribution in [3.05, 3.63) is 0 Å². The van der Waals surface area contributed by atoms with E-state index in [1.165, 1.54) is 32.1 Å². The molecule has 1 aliphatic carbocycles. The average molecular weight is 254 g/mol. The second-order valence-corrected chi connectivity index (χ2v) is 6.14. The predicted molar refractivity (Wildman–Crippen MR) is 75.9 cm³/mol. The van der Waals surface area contributed by atoms with Gasteiger partial charge < -0.3 is 10.1 Å². The maximum absolute atomic E-state index is 5.78. The fourth-order valence-corrected chi connectivity index (χ4v) is 3.35. The summed E-state index contributed by atoms with van der Waals surface area (Å²) in [6.07, 6.45) is 7.17. The van der Waals surface area contributed by atoms with E-state index < -0.39 is 0 Å². The lowest BCUT2D eigenvalue weighted by molar-refractivity contribution is -0.0697. The Morgan fingerprint density at radius 3 is 2.72 bits per heavy atom. The van der Waals surface area contributed by atoms with Gasteiger partial charge in [-0.25, -0.2) is 0 Å². The summed E-state index contributed by atoms with van der Waals surface area (Å²) in [5.74, 6) is 0. The Bertz CT molecular complexity index is 241. The van der Waals surface area contributed by atoms with Crippen LogP contribution in [0, 0.1) is 0 Å². The van der Waals surface area contributed by atoms with E-state index in [0.29, 0.717) is 18.2 Å². The van der Waals surface area contributed by atoms with E-state index in [9.17, 15) is 0 Å². The van der Waals surface area contributed by atoms with Gasteiger partial charge in [-0.3, -0.25) is 4.90 Å². The van der Waals surface area contributed by atoms with Crippen LogP contribution in [0.25, 0.3) is 0 Å². The maximum Gasteiger partial charge on any atom is 0.0674 e. The number of nitrogens with one attached hydrogen (secondary N) is 1. The zero-order valence-corrected chi connectivity index (χ0v) is 12.3. The van der Waals surface area contributed by atoms with Crippen LogP contribution < -0.4 is 5.32 Å². The first-order valence-corrected chi connectivity index (χ1v) is 7.81. The van der Waals surface area contributed by atoms with Gasteiger partial charge in [-0.2, -0.15) is 0 Å². The smallest absolute Gasteiger partial charge is 0.0674 e. The third-order valence-electron chi connectivity index (χ3n) is 4.60. The van der Waals surface area contributed by atoms with Crippen LogP contribution in [0.5, 0.6) is 0 Å². The van der Waals surface area contributed by atoms with E-state index in [-0.39, 0.29) is 0 Å². The van der Waals surface area contributed by atoms with E-state index >= 15 is 0 Å². The molecule has 1 N–H and O–H groups in total. The fourth-order valence-electron chi connectivity index (χ4n) is 3.35. The Morgan fingerprint density at radius 2 is 2.06 bits per heavy atom. The fraction of sp³-hybridized carbons (Fsp3) is 1.00. The Labute approximate surface area is 112 Å². The molecule has 3 nitrogen and oxygen atoms in total. The van der Waals surface area contributed by atoms with Gasteiger partial charge in [0, 0.05) is 31.2 Å². The topological polar surface area (TPSA) is 24.5 Å². The van der Waals surface area contributed by atoms with E-state index in [4.69, 9.17) is 4.74 Å². The third-order valence-corrected chi connectivity index (χ3v) is 4.60. The Morgan fingerprint density at radius 1 is 1.33 bits per heavy atom. The van der Waals surface area contributed by atoms with Crippen molar-refractivity contribution >= 4 is 0 Å². The lowest BCUT2D eigenvalue weighted by Gasteiger charge is -2.42. The Kier molecular flexibility index (Phi) is 5.46. The summed E-state index contributed by atoms with van der Waals surface area (Å²) in [7, 11) is 0. The molecule has 2 fully saturated rings. The summed E-state index contributed by atoms with van der Waals surface area (Å²) in [4.78, 5) is 2.65. The molecule has 3 heteroatoms. The zero-order valence-electron chi connectivity index (χ0n) is 12.3. The minimum atomic E-state index is 0.390. The second-order valence-electron chi connectivity index (χ2n) is 6.14. The van der Waals surface area contributed by atoms with Crippen LogP contribution in [-0.2, 0) is 4.74 Å². The van der Waals surface area contributed by atoms with E-state index in [1.54, 1.807) is 0 Å². The highest BCUT2D eigenvalue weighted by molar-refractivity contribution is 4.84. The largest absolute Gasteiger partial charge is 0.376 e. The molecule has 1 aliphatic heterocycles. The molecule has 1 saturated heterocycles. The number of morpholine rings is 1. The van der Waals surface area contributed by atoms with E-state index in [1.807, 2.05) is 0 Å². The summed E-state index contributed by atoms with van der Waals surface area (Å²) >= 11 is 0. The first kappa shape index (κ1) is 14.3. The molecule has 0 aromatic carbocycles. The summed E-state index contributed by atoms with van der Waals surface area (Å²) in [6, 6.07) is 2.02. The summed E-state index contributed by atoms with van der Waals surface area (Å²) in [6.45, 7) is 9.96. The average Bonchev–Trinajstić information content (AvgIpc) is 2.89. The monoisotopic (exact) mass is 254 g/mol. The van der Waals surface area contributed by atoms with Gasteiger partial charge in [0.15, 0.2) is 0 Å². The normalized spacial score (nSPS) is 32.8. The lowest BCUT2D eigenvalue weighted by Crippen LogP contribution is -2.55. The van der Waals surface area contributed by atoms with Crippen LogP contribution in [0.4, 0.5) is 0 Å². The van der Waals surface area contributed by atoms with Crippen LogP contribution in [0.15, 0.2) is 0 Å². The Hall–Kier alpha value is -0.120. The van der Waals surface area contributed by atoms with Gasteiger partial charge in [0.1, 0.15) is 0 Å². The maximum atomic E-state index is 5.78. The minimum Gasteiger partial charge on any atom is -0.376 e. The van der Waals surface area contributed by atoms with Crippen molar-refractivity contribution < 1.29 is 4.74 Å². The molecule has 0 spiro atoms. The van der Waals surface area contributed by atoms with Crippen LogP contribution in [0.2, 0.25) is 0 Å². The van der Waals surface area contributed by atoms with Gasteiger partial charge in [-0.05, 0) is 33.1 Å². The second kappa shape index (κ2) is 6.88. The molecular weight excluding hydrogens is 224 g/mol. The van der Waals surface area contributed by atoms with E-state index in [2.05, 4.69) is 31.0 Å². The number of hydrogen-bond donors (Lipinski definition) is 1. The number of nitrogens with zero attached hydrogens (tertiary/aromatic N) is 1. The zero-order chi connectivity index (χ0) is 13.0. The molecule has 1 heterocycles. The van der Waals surface area contributed by atoms with Crippen LogP contribution in [0.1, 0.15) is 52.9 Å². The van der Waals surface area contributed by atoms with Gasteiger partial charge in [0.2, 0.25) is 0 Å². The number of rotatable bonds is 5. The molecule has 106 valence electrons. The Balaban J connectivity index is 1.79. The first-order valence-electron chi connectivity index (χ1n) is 7.81. The molecule has 18 heavy (non-hydrogen) atoms. The van der Waals surface area contributed by atoms with Crippen LogP contribution in [0.3, 0.4) is 0 Å². The molecule has 2 rings (SSSR count). The van der Waals surface area contributed by atoms with E-state index in [0.717, 1.165) is 25.7 Å². The molecule has 0 bridgehead atoms. The molecule has 2 aliphatic rings. The van der Waals surface area contributed by atoms with Gasteiger partial charge >= 0.3 is 0 Å². The minimum absolute atomic E-state index is 0.390. The lowest BCUT2D eigenvalue weighted by atomic mass is 10.1. The predicted octanol–water partition coefficient (Wildman–Crippen LogP) is 2.41. The SMILES string of the molecule is CCC1COC(C)CN1C(C)CNC1CCCC1. The van der Waals surface area contributed by atoms with Gasteiger partial charge in [0.25, 0.3) is 0 Å². The standard InChI is InChI=1S/C15H30N2O/c1-4-15-11-18-13(3)10-17(15)12(2)9-16-14-7-5-6-8-14/h12-16H,4-11H2,1-3H3. The van der Waals surface area contributed by atoms with Crippen molar-refractivity contribution in [1.29, 1.82) is 0 Å². The molecule has 0 aromatic heterocycles. The molecule has 3 unspecified atom stereocenters. The molecule has 0 aromatic rings. The summed E-state index contributed by atoms with van der Waals surface area (Å²) in [5.41, 5.74) is 0. The molecular formula is C15H30N2O. The molecule has 0 amide bonds. The number of hydrogen-bond acceptors (Lipinski definition) is 3. The van der Waals surface area contributed by atoms with Crippen LogP contribution in [-0.4, -0.2) is 48.8 Å². The quantitative estimate of drug-likeness (QED) is 0.815. The van der Waals surface area contributed by atoms with Crippen molar-refractivity contribution in [2.24, 2.45) is 0 Å². The highest BCUT2D eigenvalue weighted by atomic mass is 16.5. The van der Waals surface area contributed by atoms with Crippen molar-refractivity contribution in [2.75, 3.05) is 19.7 Å². The summed E-state index contributed by atoms with van der Waals surface area (Å²) in [5, 5.41) is 3.76. The highest BCUT2D eigenvalue weighted by Gasteiger charge is 2.29. The van der Waals surface area contributed by atoms with Crippen molar-refractivity contribution in [3.8, 4) is 0 Å². The van der Waals surface area contributed by atoms with Crippen LogP contribution >= 0.6 is 0 Å². The van der Waals surface area contributed by atoms with Gasteiger partial charge in [0.05, 0.1) is 12.7 Å². The summed E-state index contributed by atoms with van der Waals surface area (Å²) < 4.78 is 5.78. The van der Waals surface area contributed by atoms with Crippen molar-refractivity contribution in [1.82, 2.24) is 10.2 Å². The van der Waals surface area contributed by atoms with Crippen molar-refractivity contribution in [2.45, 2.75) is 77.1 Å². The van der Waals surface area contributed by atoms with Gasteiger partial charge in [-0.1, -0.05) is 19.8 Å². The van der Waals surface area contributed by atoms with Crippen molar-refractivity contribution in [3.63, 3.8) is 0 Å². The number of ether oxygens (including phenoxy) is 1. The molecule has 0 radical (unpaired) electrons. The molecule has 1 saturated carbocycles. The molecule has 3 atom stereocenters.